The minimum atomic E-state index is -3.08. The summed E-state index contributed by atoms with van der Waals surface area (Å²) in [6, 6.07) is -3.58. The van der Waals surface area contributed by atoms with Crippen molar-refractivity contribution in [1.82, 2.24) is 10.6 Å². The van der Waals surface area contributed by atoms with Crippen LogP contribution in [0, 0.1) is 0 Å². The molecule has 4 saturated heterocycles. The van der Waals surface area contributed by atoms with Crippen molar-refractivity contribution in [2.75, 3.05) is 33.0 Å². The topological polar surface area (TPSA) is 510 Å². The molecule has 4 heterocycles. The number of carbonyl (C=O) groups excluding carboxylic acids is 3. The Labute approximate surface area is 384 Å². The summed E-state index contributed by atoms with van der Waals surface area (Å²) in [6.07, 6.45) is -47.6. The molecule has 0 bridgehead atoms. The molecule has 0 radical (unpaired) electrons. The average Bonchev–Trinajstić information content (AvgIpc) is 3.30. The molecule has 31 heteroatoms. The van der Waals surface area contributed by atoms with Gasteiger partial charge >= 0.3 is 5.97 Å². The molecule has 0 aromatic carbocycles. The number of ether oxygens (including phenoxy) is 8. The van der Waals surface area contributed by atoms with E-state index in [1.165, 1.54) is 0 Å². The van der Waals surface area contributed by atoms with Crippen LogP contribution in [0.15, 0.2) is 0 Å². The molecular weight excluding hydrogens is 936 g/mol. The van der Waals surface area contributed by atoms with E-state index < -0.39 is 210 Å². The third kappa shape index (κ3) is 13.0. The Hall–Kier alpha value is -2.88. The molecular formula is C37H62N2O29. The van der Waals surface area contributed by atoms with Gasteiger partial charge in [0.25, 0.3) is 5.79 Å². The maximum absolute atomic E-state index is 13.0. The Morgan fingerprint density at radius 2 is 1.21 bits per heavy atom. The van der Waals surface area contributed by atoms with E-state index >= 15 is 0 Å². The predicted octanol–water partition coefficient (Wildman–Crippen LogP) is -12.6. The van der Waals surface area contributed by atoms with Gasteiger partial charge in [-0.3, -0.25) is 9.59 Å². The SMILES string of the molecule is CC(=O)N[C@H]1[C@H](O[C@H]2[C@H](O)[C@@H](O[C@@H]([C@H](O)[C@H](O)C=O)[C@H](O)CO)O[C@@H](CO)[C@@H]2O)O[C@H](CO[C@@]2(C(=O)O)C[C@@H](O)[C@@H](NC(C)=O)[C@@H]([C@@H](O)[C@H](O)CO)O2)[C@@H](O)[C@H]1O[C@@H]1O[C@H](CO)[C@@H](O)[C@H](O)[C@@H]1O. The summed E-state index contributed by atoms with van der Waals surface area (Å²) < 4.78 is 45.3. The summed E-state index contributed by atoms with van der Waals surface area (Å²) in [5.41, 5.74) is 0. The van der Waals surface area contributed by atoms with Crippen molar-refractivity contribution in [3.8, 4) is 0 Å². The minimum absolute atomic E-state index is 0.165. The number of aldehydes is 1. The molecule has 4 fully saturated rings. The van der Waals surface area contributed by atoms with Crippen molar-refractivity contribution in [2.24, 2.45) is 0 Å². The second-order valence-electron chi connectivity index (χ2n) is 16.5. The van der Waals surface area contributed by atoms with Crippen LogP contribution in [0.2, 0.25) is 0 Å². The first kappa shape index (κ1) is 57.7. The second-order valence-corrected chi connectivity index (χ2v) is 16.5. The van der Waals surface area contributed by atoms with Crippen LogP contribution in [0.3, 0.4) is 0 Å². The van der Waals surface area contributed by atoms with Crippen LogP contribution < -0.4 is 10.6 Å². The van der Waals surface area contributed by atoms with Crippen LogP contribution in [-0.4, -0.2) is 297 Å². The monoisotopic (exact) mass is 998 g/mol. The zero-order valence-corrected chi connectivity index (χ0v) is 36.2. The van der Waals surface area contributed by atoms with Gasteiger partial charge in [0.2, 0.25) is 11.8 Å². The number of carbonyl (C=O) groups is 4. The van der Waals surface area contributed by atoms with Crippen molar-refractivity contribution in [2.45, 2.75) is 173 Å². The first-order valence-corrected chi connectivity index (χ1v) is 21.0. The van der Waals surface area contributed by atoms with Gasteiger partial charge in [0, 0.05) is 20.3 Å². The maximum atomic E-state index is 13.0. The third-order valence-corrected chi connectivity index (χ3v) is 11.6. The summed E-state index contributed by atoms with van der Waals surface area (Å²) in [5.74, 6) is -6.89. The van der Waals surface area contributed by atoms with E-state index in [1.54, 1.807) is 0 Å². The van der Waals surface area contributed by atoms with Crippen LogP contribution in [0.5, 0.6) is 0 Å². The Morgan fingerprint density at radius 3 is 1.75 bits per heavy atom. The maximum Gasteiger partial charge on any atom is 0.364 e. The Balaban J connectivity index is 1.79. The summed E-state index contributed by atoms with van der Waals surface area (Å²) in [7, 11) is 0. The Morgan fingerprint density at radius 1 is 0.676 bits per heavy atom. The summed E-state index contributed by atoms with van der Waals surface area (Å²) in [6.45, 7) is -3.69. The van der Waals surface area contributed by atoms with Crippen LogP contribution in [0.25, 0.3) is 0 Å². The van der Waals surface area contributed by atoms with Crippen LogP contribution in [-0.2, 0) is 57.1 Å². The first-order chi connectivity index (χ1) is 31.9. The van der Waals surface area contributed by atoms with E-state index in [0.717, 1.165) is 13.8 Å². The van der Waals surface area contributed by atoms with Gasteiger partial charge in [-0.2, -0.15) is 0 Å². The van der Waals surface area contributed by atoms with E-state index in [0.29, 0.717) is 0 Å². The van der Waals surface area contributed by atoms with E-state index in [9.17, 15) is 106 Å². The lowest BCUT2D eigenvalue weighted by molar-refractivity contribution is -0.376. The highest BCUT2D eigenvalue weighted by Crippen LogP contribution is 2.37. The third-order valence-electron chi connectivity index (χ3n) is 11.6. The number of hydrogen-bond donors (Lipinski definition) is 19. The number of nitrogens with one attached hydrogen (secondary N) is 2. The van der Waals surface area contributed by atoms with E-state index in [-0.39, 0.29) is 6.29 Å². The molecule has 31 nitrogen and oxygen atoms in total. The largest absolute Gasteiger partial charge is 0.477 e. The van der Waals surface area contributed by atoms with Gasteiger partial charge in [-0.05, 0) is 0 Å². The van der Waals surface area contributed by atoms with Crippen molar-refractivity contribution in [3.05, 3.63) is 0 Å². The Kier molecular flexibility index (Phi) is 21.2. The molecule has 0 aromatic rings. The fourth-order valence-electron chi connectivity index (χ4n) is 7.96. The highest BCUT2D eigenvalue weighted by Gasteiger charge is 2.59. The van der Waals surface area contributed by atoms with Gasteiger partial charge < -0.3 is 140 Å². The van der Waals surface area contributed by atoms with Gasteiger partial charge in [-0.25, -0.2) is 4.79 Å². The van der Waals surface area contributed by atoms with Gasteiger partial charge in [-0.15, -0.1) is 0 Å². The molecule has 2 amide bonds. The number of aliphatic carboxylic acids is 1. The van der Waals surface area contributed by atoms with Crippen molar-refractivity contribution in [1.29, 1.82) is 0 Å². The van der Waals surface area contributed by atoms with Gasteiger partial charge in [0.05, 0.1) is 45.2 Å². The normalized spacial score (nSPS) is 41.6. The number of aliphatic hydroxyl groups excluding tert-OH is 16. The minimum Gasteiger partial charge on any atom is -0.477 e. The van der Waals surface area contributed by atoms with E-state index in [2.05, 4.69) is 10.6 Å². The second kappa shape index (κ2) is 25.0. The molecule has 0 aromatic heterocycles. The van der Waals surface area contributed by atoms with Gasteiger partial charge in [0.15, 0.2) is 25.2 Å². The van der Waals surface area contributed by atoms with Gasteiger partial charge in [-0.1, -0.05) is 0 Å². The highest BCUT2D eigenvalue weighted by molar-refractivity contribution is 5.76. The standard InChI is InChI=1S/C37H62N2O29/c1-10(45)38-19-12(47)3-37(36(59)60,68-31(19)22(52)14(49)5-41)61-9-18-25(55)30(66-34-27(57)26(56)23(53)16(7-43)62-34)20(39-11(2)46)33(64-18)67-32-24(54)17(8-44)63-35(28(32)58)65-29(15(50)6-42)21(51)13(48)4-40/h4,12-35,41-44,47-58H,3,5-9H2,1-2H3,(H,38,45)(H,39,46)(H,59,60)/t12-,13-,14-,15-,16-,17+,18-,19-,20-,21-,22+,23-,24+,25-,26+,27+,28+,29-,30+,31+,32-,33+,34+,35-,37+/m1/s1. The molecule has 394 valence electrons. The molecule has 0 aliphatic carbocycles. The van der Waals surface area contributed by atoms with Crippen molar-refractivity contribution in [3.63, 3.8) is 0 Å². The molecule has 68 heavy (non-hydrogen) atoms. The number of aliphatic hydroxyl groups is 16. The lowest BCUT2D eigenvalue weighted by Gasteiger charge is -2.50. The molecule has 4 aliphatic rings. The van der Waals surface area contributed by atoms with Crippen molar-refractivity contribution >= 4 is 24.1 Å². The number of carboxylic acids is 1. The lowest BCUT2D eigenvalue weighted by atomic mass is 9.88. The smallest absolute Gasteiger partial charge is 0.364 e. The van der Waals surface area contributed by atoms with Crippen LogP contribution in [0.1, 0.15) is 20.3 Å². The van der Waals surface area contributed by atoms with Crippen LogP contribution >= 0.6 is 0 Å². The fourth-order valence-corrected chi connectivity index (χ4v) is 7.96. The molecule has 0 unspecified atom stereocenters. The zero-order chi connectivity index (χ0) is 51.1. The molecule has 0 saturated carbocycles. The lowest BCUT2D eigenvalue weighted by Crippen LogP contribution is -2.71. The quantitative estimate of drug-likeness (QED) is 0.0448. The van der Waals surface area contributed by atoms with Crippen molar-refractivity contribution < 1.29 is 144 Å². The summed E-state index contributed by atoms with van der Waals surface area (Å²) in [5, 5.41) is 184. The molecule has 0 spiro atoms. The molecule has 4 rings (SSSR count). The molecule has 25 atom stereocenters. The zero-order valence-electron chi connectivity index (χ0n) is 36.2. The molecule has 4 aliphatic heterocycles. The van der Waals surface area contributed by atoms with Gasteiger partial charge in [0.1, 0.15) is 116 Å². The summed E-state index contributed by atoms with van der Waals surface area (Å²) >= 11 is 0. The number of carboxylic acid groups (broad SMARTS) is 1. The summed E-state index contributed by atoms with van der Waals surface area (Å²) in [4.78, 5) is 49.0. The van der Waals surface area contributed by atoms with E-state index in [4.69, 9.17) is 37.9 Å². The first-order valence-electron chi connectivity index (χ1n) is 21.0. The van der Waals surface area contributed by atoms with Crippen LogP contribution in [0.4, 0.5) is 0 Å². The Bertz CT molecular complexity index is 1640. The molecule has 19 N–H and O–H groups in total. The number of amides is 2. The fraction of sp³-hybridized carbons (Fsp3) is 0.892. The predicted molar refractivity (Wildman–Crippen MR) is 208 cm³/mol. The van der Waals surface area contributed by atoms with E-state index in [1.807, 2.05) is 0 Å². The number of rotatable bonds is 22. The highest BCUT2D eigenvalue weighted by atomic mass is 16.8. The average molecular weight is 999 g/mol. The number of hydrogen-bond acceptors (Lipinski definition) is 28.